The Bertz CT molecular complexity index is 735. The van der Waals surface area contributed by atoms with E-state index < -0.39 is 0 Å². The van der Waals surface area contributed by atoms with Gasteiger partial charge in [-0.1, -0.05) is 0 Å². The summed E-state index contributed by atoms with van der Waals surface area (Å²) in [5.41, 5.74) is 2.08. The number of morpholine rings is 1. The molecule has 0 bridgehead atoms. The second-order valence-corrected chi connectivity index (χ2v) is 7.88. The Labute approximate surface area is 165 Å². The van der Waals surface area contributed by atoms with Crippen LogP contribution in [0.4, 0.5) is 11.4 Å². The quantitative estimate of drug-likeness (QED) is 0.609. The maximum absolute atomic E-state index is 13.0. The molecule has 1 aromatic rings. The van der Waals surface area contributed by atoms with Gasteiger partial charge in [-0.25, -0.2) is 0 Å². The first kappa shape index (κ1) is 19.1. The summed E-state index contributed by atoms with van der Waals surface area (Å²) in [5.74, 6) is -0.0817. The van der Waals surface area contributed by atoms with Crippen molar-refractivity contribution in [1.82, 2.24) is 10.2 Å². The van der Waals surface area contributed by atoms with Crippen molar-refractivity contribution in [3.63, 3.8) is 0 Å². The molecule has 0 aliphatic carbocycles. The zero-order chi connectivity index (χ0) is 19.5. The van der Waals surface area contributed by atoms with Crippen LogP contribution in [0.15, 0.2) is 18.2 Å². The van der Waals surface area contributed by atoms with Crippen LogP contribution >= 0.6 is 0 Å². The number of nitro benzene ring substituents is 1. The van der Waals surface area contributed by atoms with Gasteiger partial charge in [0.15, 0.2) is 0 Å². The molecule has 2 saturated heterocycles. The van der Waals surface area contributed by atoms with Gasteiger partial charge in [0, 0.05) is 56.6 Å². The number of nitrogens with one attached hydrogen (secondary N) is 1. The molecule has 1 amide bonds. The van der Waals surface area contributed by atoms with Gasteiger partial charge in [-0.05, 0) is 37.3 Å². The molecule has 3 heterocycles. The maximum atomic E-state index is 13.0. The standard InChI is InChI=1S/C20H28N4O4/c25-20(21-6-8-22-9-11-28-12-10-22)17-14-15-13-16(24(26)27)4-5-18(15)23-7-2-1-3-19(17)23/h4-5,13,17,19H,1-3,6-12,14H2,(H,21,25)/t17-,19-/m0/s1. The van der Waals surface area contributed by atoms with E-state index in [1.807, 2.05) is 6.07 Å². The van der Waals surface area contributed by atoms with Gasteiger partial charge in [0.05, 0.1) is 24.1 Å². The van der Waals surface area contributed by atoms with Crippen LogP contribution in [0.1, 0.15) is 24.8 Å². The van der Waals surface area contributed by atoms with E-state index in [4.69, 9.17) is 4.74 Å². The van der Waals surface area contributed by atoms with Gasteiger partial charge in [-0.3, -0.25) is 19.8 Å². The van der Waals surface area contributed by atoms with E-state index >= 15 is 0 Å². The van der Waals surface area contributed by atoms with Crippen LogP contribution in [0.2, 0.25) is 0 Å². The minimum absolute atomic E-state index is 0.0716. The molecule has 0 aromatic heterocycles. The number of fused-ring (bicyclic) bond motifs is 3. The van der Waals surface area contributed by atoms with E-state index in [-0.39, 0.29) is 28.5 Å². The van der Waals surface area contributed by atoms with Gasteiger partial charge in [0.1, 0.15) is 0 Å². The molecule has 1 N–H and O–H groups in total. The molecule has 0 saturated carbocycles. The summed E-state index contributed by atoms with van der Waals surface area (Å²) < 4.78 is 5.36. The highest BCUT2D eigenvalue weighted by atomic mass is 16.6. The molecule has 2 atom stereocenters. The molecule has 1 aromatic carbocycles. The maximum Gasteiger partial charge on any atom is 0.269 e. The van der Waals surface area contributed by atoms with Gasteiger partial charge in [0.2, 0.25) is 5.91 Å². The SMILES string of the molecule is O=C(NCCN1CCOCC1)[C@H]1Cc2cc([N+](=O)[O-])ccc2N2CCCC[C@@H]12. The molecule has 4 rings (SSSR count). The van der Waals surface area contributed by atoms with E-state index in [1.165, 1.54) is 0 Å². The van der Waals surface area contributed by atoms with Crippen molar-refractivity contribution in [1.29, 1.82) is 0 Å². The van der Waals surface area contributed by atoms with Crippen LogP contribution < -0.4 is 10.2 Å². The second-order valence-electron chi connectivity index (χ2n) is 7.88. The third-order valence-electron chi connectivity index (χ3n) is 6.20. The number of carbonyl (C=O) groups excluding carboxylic acids is 1. The summed E-state index contributed by atoms with van der Waals surface area (Å²) >= 11 is 0. The van der Waals surface area contributed by atoms with Crippen molar-refractivity contribution in [2.75, 3.05) is 50.8 Å². The number of rotatable bonds is 5. The Morgan fingerprint density at radius 2 is 2.07 bits per heavy atom. The van der Waals surface area contributed by atoms with Gasteiger partial charge in [-0.15, -0.1) is 0 Å². The highest BCUT2D eigenvalue weighted by Crippen LogP contribution is 2.39. The summed E-state index contributed by atoms with van der Waals surface area (Å²) in [5, 5.41) is 14.3. The number of hydrogen-bond donors (Lipinski definition) is 1. The number of hydrogen-bond acceptors (Lipinski definition) is 6. The molecule has 28 heavy (non-hydrogen) atoms. The van der Waals surface area contributed by atoms with Gasteiger partial charge in [0.25, 0.3) is 5.69 Å². The van der Waals surface area contributed by atoms with Crippen molar-refractivity contribution in [3.8, 4) is 0 Å². The average molecular weight is 388 g/mol. The first-order valence-electron chi connectivity index (χ1n) is 10.3. The third kappa shape index (κ3) is 3.98. The number of piperidine rings is 1. The van der Waals surface area contributed by atoms with Crippen molar-refractivity contribution in [3.05, 3.63) is 33.9 Å². The summed E-state index contributed by atoms with van der Waals surface area (Å²) in [7, 11) is 0. The van der Waals surface area contributed by atoms with E-state index in [1.54, 1.807) is 12.1 Å². The van der Waals surface area contributed by atoms with Gasteiger partial charge < -0.3 is 15.0 Å². The molecule has 152 valence electrons. The van der Waals surface area contributed by atoms with Crippen molar-refractivity contribution < 1.29 is 14.5 Å². The minimum atomic E-state index is -0.361. The Kier molecular flexibility index (Phi) is 5.77. The monoisotopic (exact) mass is 388 g/mol. The predicted octanol–water partition coefficient (Wildman–Crippen LogP) is 1.57. The van der Waals surface area contributed by atoms with E-state index in [2.05, 4.69) is 15.1 Å². The normalized spacial score (nSPS) is 24.9. The summed E-state index contributed by atoms with van der Waals surface area (Å²) in [6, 6.07) is 5.27. The molecule has 0 spiro atoms. The Balaban J connectivity index is 1.45. The Morgan fingerprint density at radius 1 is 1.25 bits per heavy atom. The van der Waals surface area contributed by atoms with E-state index in [0.29, 0.717) is 13.0 Å². The van der Waals surface area contributed by atoms with Crippen LogP contribution in [0, 0.1) is 16.0 Å². The molecule has 0 radical (unpaired) electrons. The van der Waals surface area contributed by atoms with Crippen molar-refractivity contribution in [2.24, 2.45) is 5.92 Å². The molecule has 0 unspecified atom stereocenters. The fourth-order valence-electron chi connectivity index (χ4n) is 4.74. The average Bonchev–Trinajstić information content (AvgIpc) is 2.73. The molecule has 8 nitrogen and oxygen atoms in total. The largest absolute Gasteiger partial charge is 0.379 e. The van der Waals surface area contributed by atoms with Crippen LogP contribution in [-0.4, -0.2) is 67.7 Å². The van der Waals surface area contributed by atoms with E-state index in [9.17, 15) is 14.9 Å². The molecular weight excluding hydrogens is 360 g/mol. The fraction of sp³-hybridized carbons (Fsp3) is 0.650. The number of benzene rings is 1. The molecule has 3 aliphatic rings. The Morgan fingerprint density at radius 3 is 2.86 bits per heavy atom. The lowest BCUT2D eigenvalue weighted by atomic mass is 9.80. The lowest BCUT2D eigenvalue weighted by molar-refractivity contribution is -0.384. The van der Waals surface area contributed by atoms with Crippen LogP contribution in [0.5, 0.6) is 0 Å². The van der Waals surface area contributed by atoms with E-state index in [0.717, 1.165) is 69.9 Å². The lowest BCUT2D eigenvalue weighted by Gasteiger charge is -2.46. The molecular formula is C20H28N4O4. The zero-order valence-electron chi connectivity index (χ0n) is 16.1. The number of non-ortho nitro benzene ring substituents is 1. The topological polar surface area (TPSA) is 88.0 Å². The number of amides is 1. The highest BCUT2D eigenvalue weighted by Gasteiger charge is 2.39. The number of carbonyl (C=O) groups is 1. The highest BCUT2D eigenvalue weighted by molar-refractivity contribution is 5.82. The predicted molar refractivity (Wildman–Crippen MR) is 106 cm³/mol. The van der Waals surface area contributed by atoms with Gasteiger partial charge >= 0.3 is 0 Å². The van der Waals surface area contributed by atoms with Crippen LogP contribution in [0.3, 0.4) is 0 Å². The summed E-state index contributed by atoms with van der Waals surface area (Å²) in [4.78, 5) is 28.4. The number of nitrogens with zero attached hydrogens (tertiary/aromatic N) is 3. The number of anilines is 1. The molecule has 8 heteroatoms. The van der Waals surface area contributed by atoms with Crippen LogP contribution in [-0.2, 0) is 16.0 Å². The van der Waals surface area contributed by atoms with Gasteiger partial charge in [-0.2, -0.15) is 0 Å². The summed E-state index contributed by atoms with van der Waals surface area (Å²) in [6.45, 7) is 5.70. The van der Waals surface area contributed by atoms with Crippen molar-refractivity contribution in [2.45, 2.75) is 31.7 Å². The number of nitro groups is 1. The minimum Gasteiger partial charge on any atom is -0.379 e. The third-order valence-corrected chi connectivity index (χ3v) is 6.20. The van der Waals surface area contributed by atoms with Crippen molar-refractivity contribution >= 4 is 17.3 Å². The smallest absolute Gasteiger partial charge is 0.269 e. The number of ether oxygens (including phenoxy) is 1. The summed E-state index contributed by atoms with van der Waals surface area (Å²) in [6.07, 6.45) is 3.79. The second kappa shape index (κ2) is 8.45. The Hall–Kier alpha value is -2.19. The van der Waals surface area contributed by atoms with Crippen LogP contribution in [0.25, 0.3) is 0 Å². The fourth-order valence-corrected chi connectivity index (χ4v) is 4.74. The molecule has 2 fully saturated rings. The molecule has 3 aliphatic heterocycles. The zero-order valence-corrected chi connectivity index (χ0v) is 16.1. The first-order chi connectivity index (χ1) is 13.6. The lowest BCUT2D eigenvalue weighted by Crippen LogP contribution is -2.53. The first-order valence-corrected chi connectivity index (χ1v) is 10.3.